The molecule has 0 unspecified atom stereocenters. The van der Waals surface area contributed by atoms with Gasteiger partial charge < -0.3 is 26.2 Å². The Kier molecular flexibility index (Phi) is 12.2. The highest BCUT2D eigenvalue weighted by atomic mass is 32.2. The van der Waals surface area contributed by atoms with Crippen LogP contribution in [-0.2, 0) is 32.0 Å². The smallest absolute Gasteiger partial charge is 0.268 e. The summed E-state index contributed by atoms with van der Waals surface area (Å²) < 4.78 is 0. The number of rotatable bonds is 10. The molecule has 7 rings (SSSR count). The monoisotopic (exact) mass is 796 g/mol. The summed E-state index contributed by atoms with van der Waals surface area (Å²) in [6.07, 6.45) is 9.18. The molecule has 2 aromatic rings. The highest BCUT2D eigenvalue weighted by molar-refractivity contribution is 7.99. The molecule has 2 heterocycles. The second kappa shape index (κ2) is 16.9. The minimum Gasteiger partial charge on any atom is -0.367 e. The Hall–Kier alpha value is -3.87. The number of hydrogen-bond donors (Lipinski definition) is 4. The van der Waals surface area contributed by atoms with Crippen molar-refractivity contribution in [2.24, 2.45) is 22.2 Å². The van der Waals surface area contributed by atoms with Gasteiger partial charge in [-0.3, -0.25) is 19.2 Å². The highest BCUT2D eigenvalue weighted by Crippen LogP contribution is 2.47. The van der Waals surface area contributed by atoms with E-state index in [1.54, 1.807) is 36.0 Å². The van der Waals surface area contributed by atoms with Gasteiger partial charge in [0.2, 0.25) is 17.7 Å². The molecule has 0 bridgehead atoms. The molecule has 4 N–H and O–H groups in total. The number of nitrogens with one attached hydrogen (secondary N) is 4. The van der Waals surface area contributed by atoms with Crippen molar-refractivity contribution in [1.82, 2.24) is 26.2 Å². The van der Waals surface area contributed by atoms with E-state index in [4.69, 9.17) is 12.2 Å². The lowest BCUT2D eigenvalue weighted by atomic mass is 9.84. The lowest BCUT2D eigenvalue weighted by Gasteiger charge is -2.33. The van der Waals surface area contributed by atoms with Crippen LogP contribution < -0.4 is 21.3 Å². The Morgan fingerprint density at radius 1 is 0.911 bits per heavy atom. The minimum absolute atomic E-state index is 0.0142. The number of amides is 4. The Labute approximate surface area is 340 Å². The molecular weight excluding hydrogens is 741 g/mol. The summed E-state index contributed by atoms with van der Waals surface area (Å²) in [6.45, 7) is 10.1. The van der Waals surface area contributed by atoms with E-state index in [1.807, 2.05) is 50.2 Å². The third-order valence-corrected chi connectivity index (χ3v) is 14.6. The first kappa shape index (κ1) is 40.3. The molecule has 10 nitrogen and oxygen atoms in total. The molecular formula is C44H56N6O4S2. The summed E-state index contributed by atoms with van der Waals surface area (Å²) in [5.41, 5.74) is 4.13. The van der Waals surface area contributed by atoms with Gasteiger partial charge >= 0.3 is 0 Å². The van der Waals surface area contributed by atoms with Gasteiger partial charge in [-0.1, -0.05) is 87.6 Å². The lowest BCUT2D eigenvalue weighted by Crippen LogP contribution is -2.55. The minimum atomic E-state index is -0.744. The average Bonchev–Trinajstić information content (AvgIpc) is 3.79. The fourth-order valence-corrected chi connectivity index (χ4v) is 11.8. The largest absolute Gasteiger partial charge is 0.367 e. The average molecular weight is 797 g/mol. The van der Waals surface area contributed by atoms with Crippen LogP contribution >= 0.6 is 24.0 Å². The third-order valence-electron chi connectivity index (χ3n) is 13.0. The van der Waals surface area contributed by atoms with Gasteiger partial charge in [0.25, 0.3) is 5.91 Å². The molecule has 298 valence electrons. The fourth-order valence-electron chi connectivity index (χ4n) is 9.84. The van der Waals surface area contributed by atoms with Gasteiger partial charge in [-0.15, -0.1) is 18.3 Å². The molecule has 3 fully saturated rings. The van der Waals surface area contributed by atoms with Crippen LogP contribution in [0.5, 0.6) is 0 Å². The maximum absolute atomic E-state index is 14.2. The quantitative estimate of drug-likeness (QED) is 0.147. The zero-order valence-electron chi connectivity index (χ0n) is 33.0. The standard InChI is InChI=1S/C44H56N6O4S2/c1-6-35(45-5)42(55)49-36-19-20-56-37-23-44(3,4)38(50(37)43(36)54)41(53)46-24-34-31-14-10-8-12-27(31)22-33(34)40(52)48-29-17-15-28(16-18-29)47-39(51)32-21-26-11-7-9-13-30(26)25(32)2/h6-14,24-25,28-29,32-38,45H,1,15-23H2,2-5H3,(H,47,51)(H,48,52)(H,49,55)/b46-24+/t25-,28-,29-,32+,33+,34-,35-,36-,37-,38+/m0/s1. The van der Waals surface area contributed by atoms with Gasteiger partial charge in [0.05, 0.1) is 22.3 Å². The van der Waals surface area contributed by atoms with Crippen LogP contribution in [0, 0.1) is 17.3 Å². The van der Waals surface area contributed by atoms with Crippen LogP contribution in [-0.4, -0.2) is 88.1 Å². The molecule has 2 aliphatic heterocycles. The van der Waals surface area contributed by atoms with Gasteiger partial charge in [-0.2, -0.15) is 0 Å². The van der Waals surface area contributed by atoms with E-state index in [0.717, 1.165) is 49.0 Å². The molecule has 4 amide bonds. The van der Waals surface area contributed by atoms with Gasteiger partial charge in [0, 0.05) is 30.1 Å². The number of hydrogen-bond acceptors (Lipinski definition) is 7. The van der Waals surface area contributed by atoms with Crippen LogP contribution in [0.15, 0.2) is 66.2 Å². The number of thioether (sulfide) groups is 1. The Morgan fingerprint density at radius 2 is 1.50 bits per heavy atom. The number of thiocarbonyl (C=S) groups is 1. The molecule has 1 saturated carbocycles. The number of nitrogens with zero attached hydrogens (tertiary/aromatic N) is 2. The van der Waals surface area contributed by atoms with Crippen molar-refractivity contribution in [1.29, 1.82) is 0 Å². The van der Waals surface area contributed by atoms with Crippen molar-refractivity contribution in [2.75, 3.05) is 12.8 Å². The molecule has 0 spiro atoms. The van der Waals surface area contributed by atoms with Gasteiger partial charge in [0.15, 0.2) is 0 Å². The number of carbonyl (C=O) groups excluding carboxylic acids is 4. The van der Waals surface area contributed by atoms with Gasteiger partial charge in [-0.25, -0.2) is 4.99 Å². The highest BCUT2D eigenvalue weighted by Gasteiger charge is 2.54. The number of fused-ring (bicyclic) bond motifs is 3. The lowest BCUT2D eigenvalue weighted by molar-refractivity contribution is -0.140. The van der Waals surface area contributed by atoms with Crippen LogP contribution in [0.4, 0.5) is 0 Å². The van der Waals surface area contributed by atoms with E-state index in [2.05, 4.69) is 51.9 Å². The first-order chi connectivity index (χ1) is 26.9. The number of likely N-dealkylation sites (N-methyl/N-ethyl adjacent to an activating group) is 1. The molecule has 0 radical (unpaired) electrons. The van der Waals surface area contributed by atoms with E-state index >= 15 is 0 Å². The van der Waals surface area contributed by atoms with Crippen LogP contribution in [0.1, 0.15) is 93.4 Å². The van der Waals surface area contributed by atoms with Crippen LogP contribution in [0.2, 0.25) is 0 Å². The molecule has 2 saturated heterocycles. The molecule has 5 aliphatic rings. The first-order valence-electron chi connectivity index (χ1n) is 20.3. The Balaban J connectivity index is 0.992. The van der Waals surface area contributed by atoms with Crippen molar-refractivity contribution < 1.29 is 19.2 Å². The third kappa shape index (κ3) is 8.11. The summed E-state index contributed by atoms with van der Waals surface area (Å²) in [7, 11) is 1.79. The summed E-state index contributed by atoms with van der Waals surface area (Å²) in [5, 5.41) is 12.9. The van der Waals surface area contributed by atoms with E-state index in [1.165, 1.54) is 11.1 Å². The Bertz CT molecular complexity index is 1890. The number of aliphatic imine (C=N–C) groups is 1. The zero-order chi connectivity index (χ0) is 39.7. The van der Waals surface area contributed by atoms with Crippen LogP contribution in [0.25, 0.3) is 0 Å². The summed E-state index contributed by atoms with van der Waals surface area (Å²) >= 11 is 7.31. The fraction of sp³-hybridized carbons (Fsp3) is 0.545. The normalized spacial score (nSPS) is 31.1. The number of carbonyl (C=O) groups is 4. The summed E-state index contributed by atoms with van der Waals surface area (Å²) in [5.74, 6) is -0.292. The first-order valence-corrected chi connectivity index (χ1v) is 21.7. The van der Waals surface area contributed by atoms with E-state index < -0.39 is 23.4 Å². The zero-order valence-corrected chi connectivity index (χ0v) is 34.6. The maximum atomic E-state index is 14.2. The van der Waals surface area contributed by atoms with Crippen molar-refractivity contribution in [3.63, 3.8) is 0 Å². The van der Waals surface area contributed by atoms with E-state index in [-0.39, 0.29) is 64.9 Å². The van der Waals surface area contributed by atoms with Gasteiger partial charge in [0.1, 0.15) is 12.1 Å². The molecule has 12 heteroatoms. The number of benzene rings is 2. The topological polar surface area (TPSA) is 132 Å². The molecule has 3 aliphatic carbocycles. The molecule has 0 aromatic heterocycles. The van der Waals surface area contributed by atoms with Crippen molar-refractivity contribution in [3.05, 3.63) is 83.4 Å². The van der Waals surface area contributed by atoms with Gasteiger partial charge in [-0.05, 0) is 97.8 Å². The maximum Gasteiger partial charge on any atom is 0.268 e. The second-order valence-electron chi connectivity index (χ2n) is 17.0. The van der Waals surface area contributed by atoms with Crippen molar-refractivity contribution in [2.45, 2.75) is 120 Å². The predicted molar refractivity (Wildman–Crippen MR) is 227 cm³/mol. The summed E-state index contributed by atoms with van der Waals surface area (Å²) in [6, 6.07) is 14.9. The SMILES string of the molecule is C=C[C@H](NC)C(=S)N[C@H]1CCS[C@H]2CC(C)(C)[C@@H](C(=O)/N=C/[C@H]3c4ccccc4C[C@H]3C(=O)N[C@H]3CC[C@H](NC(=O)[C@@H]4Cc5ccccc5[C@@H]4C)CC3)N2C1=O. The predicted octanol–water partition coefficient (Wildman–Crippen LogP) is 5.21. The second-order valence-corrected chi connectivity index (χ2v) is 18.8. The van der Waals surface area contributed by atoms with E-state index in [9.17, 15) is 19.2 Å². The molecule has 56 heavy (non-hydrogen) atoms. The van der Waals surface area contributed by atoms with E-state index in [0.29, 0.717) is 24.3 Å². The molecule has 2 aromatic carbocycles. The van der Waals surface area contributed by atoms with Crippen molar-refractivity contribution in [3.8, 4) is 0 Å². The summed E-state index contributed by atoms with van der Waals surface area (Å²) in [4.78, 5) is 62.6. The Morgan fingerprint density at radius 3 is 2.12 bits per heavy atom. The van der Waals surface area contributed by atoms with Crippen LogP contribution in [0.3, 0.4) is 0 Å². The molecule has 8 atom stereocenters. The van der Waals surface area contributed by atoms with Crippen molar-refractivity contribution >= 4 is 58.8 Å².